The van der Waals surface area contributed by atoms with Gasteiger partial charge in [0.1, 0.15) is 5.60 Å². The van der Waals surface area contributed by atoms with E-state index in [0.29, 0.717) is 17.8 Å². The van der Waals surface area contributed by atoms with E-state index in [4.69, 9.17) is 4.89 Å². The summed E-state index contributed by atoms with van der Waals surface area (Å²) in [5.41, 5.74) is 0.775. The van der Waals surface area contributed by atoms with Crippen molar-refractivity contribution in [2.75, 3.05) is 0 Å². The Morgan fingerprint density at radius 2 is 1.77 bits per heavy atom. The van der Waals surface area contributed by atoms with E-state index in [2.05, 4.69) is 26.8 Å². The van der Waals surface area contributed by atoms with Gasteiger partial charge in [0.15, 0.2) is 0 Å². The summed E-state index contributed by atoms with van der Waals surface area (Å²) in [5, 5.41) is 30.4. The van der Waals surface area contributed by atoms with Gasteiger partial charge in [-0.15, -0.1) is 0 Å². The first-order valence-electron chi connectivity index (χ1n) is 12.9. The minimum absolute atomic E-state index is 0.146. The van der Waals surface area contributed by atoms with Crippen molar-refractivity contribution in [3.63, 3.8) is 0 Å². The Bertz CT molecular complexity index is 696. The first-order chi connectivity index (χ1) is 14.4. The SMILES string of the molecule is CC(C)(O)CCC[C@](C)(OO)[C@H]1CC[C@H]2[C@@H]3CC=C4C[C@@H](O)CC[C@]4(C)[C@H]3CC[C@@]21C. The lowest BCUT2D eigenvalue weighted by Gasteiger charge is -2.59. The highest BCUT2D eigenvalue weighted by atomic mass is 17.1. The first-order valence-corrected chi connectivity index (χ1v) is 12.9. The molecule has 0 saturated heterocycles. The van der Waals surface area contributed by atoms with Gasteiger partial charge in [0.05, 0.1) is 11.7 Å². The Morgan fingerprint density at radius 1 is 1.03 bits per heavy atom. The summed E-state index contributed by atoms with van der Waals surface area (Å²) in [7, 11) is 0. The standard InChI is InChI=1S/C27H46O4/c1-24(2,29)13-6-14-27(5,31-30)23-10-9-21-20-8-7-18-17-19(28)11-15-25(18,3)22(20)12-16-26(21,23)4/h7,19-23,28-30H,6,8-17H2,1-5H3/t19-,20-,21-,22-,23-,25-,26-,27-/m0/s1. The van der Waals surface area contributed by atoms with Crippen LogP contribution in [-0.2, 0) is 4.89 Å². The average molecular weight is 435 g/mol. The zero-order valence-electron chi connectivity index (χ0n) is 20.5. The van der Waals surface area contributed by atoms with Gasteiger partial charge < -0.3 is 10.2 Å². The molecule has 0 bridgehead atoms. The number of allylic oxidation sites excluding steroid dienone is 1. The van der Waals surface area contributed by atoms with Crippen LogP contribution in [0.3, 0.4) is 0 Å². The molecule has 0 aliphatic heterocycles. The van der Waals surface area contributed by atoms with Gasteiger partial charge in [-0.3, -0.25) is 5.26 Å². The smallest absolute Gasteiger partial charge is 0.104 e. The van der Waals surface area contributed by atoms with E-state index in [9.17, 15) is 15.5 Å². The van der Waals surface area contributed by atoms with Gasteiger partial charge in [-0.25, -0.2) is 4.89 Å². The van der Waals surface area contributed by atoms with E-state index in [0.717, 1.165) is 57.3 Å². The normalized spacial score (nSPS) is 44.6. The van der Waals surface area contributed by atoms with Crippen LogP contribution in [0.15, 0.2) is 11.6 Å². The Kier molecular flexibility index (Phi) is 6.21. The van der Waals surface area contributed by atoms with Crippen molar-refractivity contribution in [1.82, 2.24) is 0 Å². The van der Waals surface area contributed by atoms with Crippen molar-refractivity contribution >= 4 is 0 Å². The molecule has 4 aliphatic rings. The van der Waals surface area contributed by atoms with Crippen LogP contribution in [0.5, 0.6) is 0 Å². The minimum Gasteiger partial charge on any atom is -0.393 e. The molecule has 3 N–H and O–H groups in total. The number of hydrogen-bond acceptors (Lipinski definition) is 4. The maximum absolute atomic E-state index is 10.2. The van der Waals surface area contributed by atoms with E-state index >= 15 is 0 Å². The van der Waals surface area contributed by atoms with Crippen molar-refractivity contribution in [2.24, 2.45) is 34.5 Å². The summed E-state index contributed by atoms with van der Waals surface area (Å²) in [5.74, 6) is 2.48. The molecular weight excluding hydrogens is 388 g/mol. The highest BCUT2D eigenvalue weighted by Gasteiger charge is 2.61. The highest BCUT2D eigenvalue weighted by Crippen LogP contribution is 2.68. The second-order valence-electron chi connectivity index (χ2n) is 12.9. The van der Waals surface area contributed by atoms with Crippen molar-refractivity contribution in [1.29, 1.82) is 0 Å². The molecule has 178 valence electrons. The number of aliphatic hydroxyl groups excluding tert-OH is 1. The molecule has 0 amide bonds. The molecule has 0 aromatic heterocycles. The number of fused-ring (bicyclic) bond motifs is 5. The first kappa shape index (κ1) is 23.7. The van der Waals surface area contributed by atoms with Crippen molar-refractivity contribution in [3.8, 4) is 0 Å². The molecule has 4 aliphatic carbocycles. The summed E-state index contributed by atoms with van der Waals surface area (Å²) < 4.78 is 0. The molecule has 4 rings (SSSR count). The Hall–Kier alpha value is -0.420. The fourth-order valence-corrected chi connectivity index (χ4v) is 8.80. The van der Waals surface area contributed by atoms with Gasteiger partial charge >= 0.3 is 0 Å². The fourth-order valence-electron chi connectivity index (χ4n) is 8.80. The molecule has 0 spiro atoms. The molecule has 3 saturated carbocycles. The van der Waals surface area contributed by atoms with Crippen LogP contribution in [0, 0.1) is 34.5 Å². The Balaban J connectivity index is 1.54. The molecule has 0 heterocycles. The lowest BCUT2D eigenvalue weighted by atomic mass is 9.46. The number of rotatable bonds is 6. The van der Waals surface area contributed by atoms with Crippen molar-refractivity contribution < 1.29 is 20.4 Å². The van der Waals surface area contributed by atoms with Crippen LogP contribution < -0.4 is 0 Å². The summed E-state index contributed by atoms with van der Waals surface area (Å²) >= 11 is 0. The number of aliphatic hydroxyl groups is 2. The van der Waals surface area contributed by atoms with Crippen LogP contribution in [0.25, 0.3) is 0 Å². The summed E-state index contributed by atoms with van der Waals surface area (Å²) in [6.07, 6.45) is 13.6. The molecule has 0 unspecified atom stereocenters. The molecule has 4 heteroatoms. The van der Waals surface area contributed by atoms with Gasteiger partial charge in [0.25, 0.3) is 0 Å². The third-order valence-corrected chi connectivity index (χ3v) is 10.5. The predicted octanol–water partition coefficient (Wildman–Crippen LogP) is 6.12. The molecule has 4 nitrogen and oxygen atoms in total. The zero-order valence-corrected chi connectivity index (χ0v) is 20.5. The predicted molar refractivity (Wildman–Crippen MR) is 123 cm³/mol. The quantitative estimate of drug-likeness (QED) is 0.268. The largest absolute Gasteiger partial charge is 0.393 e. The third kappa shape index (κ3) is 4.05. The number of hydrogen-bond donors (Lipinski definition) is 3. The second-order valence-corrected chi connectivity index (χ2v) is 12.9. The molecule has 0 aromatic rings. The van der Waals surface area contributed by atoms with Crippen molar-refractivity contribution in [2.45, 2.75) is 123 Å². The monoisotopic (exact) mass is 434 g/mol. The van der Waals surface area contributed by atoms with E-state index in [-0.39, 0.29) is 16.9 Å². The van der Waals surface area contributed by atoms with Gasteiger partial charge in [-0.05, 0) is 126 Å². The van der Waals surface area contributed by atoms with Crippen molar-refractivity contribution in [3.05, 3.63) is 11.6 Å². The highest BCUT2D eigenvalue weighted by molar-refractivity contribution is 5.25. The average Bonchev–Trinajstić information content (AvgIpc) is 3.05. The Morgan fingerprint density at radius 3 is 2.45 bits per heavy atom. The second kappa shape index (κ2) is 8.11. The lowest BCUT2D eigenvalue weighted by molar-refractivity contribution is -0.343. The lowest BCUT2D eigenvalue weighted by Crippen LogP contribution is -2.53. The van der Waals surface area contributed by atoms with Gasteiger partial charge in [0.2, 0.25) is 0 Å². The van der Waals surface area contributed by atoms with Crippen LogP contribution in [0.4, 0.5) is 0 Å². The molecule has 8 atom stereocenters. The molecular formula is C27H46O4. The molecule has 3 fully saturated rings. The van der Waals surface area contributed by atoms with E-state index in [1.54, 1.807) is 0 Å². The maximum Gasteiger partial charge on any atom is 0.104 e. The molecule has 31 heavy (non-hydrogen) atoms. The van der Waals surface area contributed by atoms with Crippen LogP contribution in [0.2, 0.25) is 0 Å². The summed E-state index contributed by atoms with van der Waals surface area (Å²) in [6, 6.07) is 0. The van der Waals surface area contributed by atoms with E-state index in [1.165, 1.54) is 24.8 Å². The van der Waals surface area contributed by atoms with Crippen LogP contribution >= 0.6 is 0 Å². The van der Waals surface area contributed by atoms with E-state index < -0.39 is 11.2 Å². The van der Waals surface area contributed by atoms with Gasteiger partial charge in [-0.2, -0.15) is 0 Å². The topological polar surface area (TPSA) is 69.9 Å². The molecule has 0 aromatic carbocycles. The van der Waals surface area contributed by atoms with Gasteiger partial charge in [0, 0.05) is 0 Å². The maximum atomic E-state index is 10.2. The van der Waals surface area contributed by atoms with E-state index in [1.807, 2.05) is 13.8 Å². The van der Waals surface area contributed by atoms with Gasteiger partial charge in [-0.1, -0.05) is 25.5 Å². The van der Waals surface area contributed by atoms with Crippen LogP contribution in [0.1, 0.15) is 105 Å². The van der Waals surface area contributed by atoms with Crippen LogP contribution in [-0.4, -0.2) is 32.8 Å². The third-order valence-electron chi connectivity index (χ3n) is 10.5. The molecule has 0 radical (unpaired) electrons. The fraction of sp³-hybridized carbons (Fsp3) is 0.926. The minimum atomic E-state index is -0.675. The Labute approximate surface area is 189 Å². The summed E-state index contributed by atoms with van der Waals surface area (Å²) in [4.78, 5) is 5.28. The zero-order chi connectivity index (χ0) is 22.7. The summed E-state index contributed by atoms with van der Waals surface area (Å²) in [6.45, 7) is 10.8.